The Labute approximate surface area is 109 Å². The number of ether oxygens (including phenoxy) is 1. The van der Waals surface area contributed by atoms with Crippen LogP contribution in [0, 0.1) is 0 Å². The molecule has 1 heterocycles. The topological polar surface area (TPSA) is 59.7 Å². The summed E-state index contributed by atoms with van der Waals surface area (Å²) < 4.78 is 10.4. The number of hydrogen-bond acceptors (Lipinski definition) is 4. The van der Waals surface area contributed by atoms with Crippen LogP contribution in [-0.4, -0.2) is 17.8 Å². The minimum absolute atomic E-state index is 0.302. The molecule has 1 aromatic heterocycles. The Hall–Kier alpha value is -2.07. The van der Waals surface area contributed by atoms with Crippen molar-refractivity contribution < 1.29 is 14.3 Å². The maximum Gasteiger partial charge on any atom is 0.344 e. The van der Waals surface area contributed by atoms with Crippen molar-refractivity contribution in [1.82, 2.24) is 0 Å². The molecule has 1 aliphatic carbocycles. The minimum Gasteiger partial charge on any atom is -0.497 e. The number of aliphatic hydroxyl groups is 1. The number of methoxy groups -OCH3 is 1. The summed E-state index contributed by atoms with van der Waals surface area (Å²) in [5, 5.41) is 11.3. The van der Waals surface area contributed by atoms with Crippen molar-refractivity contribution in [1.29, 1.82) is 0 Å². The van der Waals surface area contributed by atoms with Crippen LogP contribution in [0.2, 0.25) is 0 Å². The molecule has 3 rings (SSSR count). The lowest BCUT2D eigenvalue weighted by Gasteiger charge is -2.23. The maximum atomic E-state index is 12.0. The van der Waals surface area contributed by atoms with E-state index in [-0.39, 0.29) is 0 Å². The van der Waals surface area contributed by atoms with Gasteiger partial charge in [-0.1, -0.05) is 12.2 Å². The van der Waals surface area contributed by atoms with E-state index in [0.717, 1.165) is 10.9 Å². The van der Waals surface area contributed by atoms with Gasteiger partial charge >= 0.3 is 5.63 Å². The fourth-order valence-corrected chi connectivity index (χ4v) is 2.39. The van der Waals surface area contributed by atoms with Gasteiger partial charge in [0.05, 0.1) is 18.1 Å². The van der Waals surface area contributed by atoms with Crippen molar-refractivity contribution in [2.45, 2.75) is 18.9 Å². The first-order valence-electron chi connectivity index (χ1n) is 6.05. The van der Waals surface area contributed by atoms with E-state index in [1.165, 1.54) is 0 Å². The number of rotatable bonds is 1. The Morgan fingerprint density at radius 3 is 2.89 bits per heavy atom. The van der Waals surface area contributed by atoms with Crippen molar-refractivity contribution in [2.24, 2.45) is 0 Å². The first kappa shape index (κ1) is 12.0. The summed E-state index contributed by atoms with van der Waals surface area (Å²) in [6, 6.07) is 5.32. The van der Waals surface area contributed by atoms with Gasteiger partial charge in [-0.15, -0.1) is 0 Å². The zero-order chi connectivity index (χ0) is 13.6. The average Bonchev–Trinajstić information content (AvgIpc) is 2.37. The normalized spacial score (nSPS) is 21.4. The Morgan fingerprint density at radius 2 is 2.16 bits per heavy atom. The predicted molar refractivity (Wildman–Crippen MR) is 72.4 cm³/mol. The Kier molecular flexibility index (Phi) is 2.50. The van der Waals surface area contributed by atoms with Gasteiger partial charge in [-0.25, -0.2) is 4.79 Å². The molecule has 4 nitrogen and oxygen atoms in total. The quantitative estimate of drug-likeness (QED) is 0.851. The van der Waals surface area contributed by atoms with Crippen LogP contribution < -0.4 is 10.4 Å². The average molecular weight is 258 g/mol. The van der Waals surface area contributed by atoms with Crippen LogP contribution in [0.5, 0.6) is 5.75 Å². The van der Waals surface area contributed by atoms with Crippen LogP contribution in [0.3, 0.4) is 0 Å². The summed E-state index contributed by atoms with van der Waals surface area (Å²) in [6.45, 7) is 1.69. The van der Waals surface area contributed by atoms with Gasteiger partial charge in [-0.05, 0) is 30.5 Å². The highest BCUT2D eigenvalue weighted by Gasteiger charge is 2.26. The van der Waals surface area contributed by atoms with Gasteiger partial charge in [0.2, 0.25) is 0 Å². The third-order valence-electron chi connectivity index (χ3n) is 3.38. The van der Waals surface area contributed by atoms with E-state index >= 15 is 0 Å². The molecule has 98 valence electrons. The smallest absolute Gasteiger partial charge is 0.344 e. The molecule has 4 heteroatoms. The number of hydrogen-bond donors (Lipinski definition) is 1. The van der Waals surface area contributed by atoms with Crippen LogP contribution in [0.4, 0.5) is 0 Å². The molecular weight excluding hydrogens is 244 g/mol. The zero-order valence-corrected chi connectivity index (χ0v) is 10.8. The molecule has 0 radical (unpaired) electrons. The van der Waals surface area contributed by atoms with E-state index in [4.69, 9.17) is 9.15 Å². The van der Waals surface area contributed by atoms with Crippen LogP contribution in [0.15, 0.2) is 33.5 Å². The molecule has 1 N–H and O–H groups in total. The second kappa shape index (κ2) is 3.96. The van der Waals surface area contributed by atoms with Gasteiger partial charge in [0.1, 0.15) is 11.5 Å². The van der Waals surface area contributed by atoms with E-state index in [9.17, 15) is 9.90 Å². The summed E-state index contributed by atoms with van der Waals surface area (Å²) >= 11 is 0. The fourth-order valence-electron chi connectivity index (χ4n) is 2.39. The SMILES string of the molecule is COc1ccc2c3c(oc(=O)c2c1)CC(C)(O)C=C3. The summed E-state index contributed by atoms with van der Waals surface area (Å²) in [6.07, 6.45) is 3.83. The van der Waals surface area contributed by atoms with Gasteiger partial charge < -0.3 is 14.3 Å². The molecule has 1 aliphatic rings. The standard InChI is InChI=1S/C15H14O4/c1-15(17)6-5-11-10-4-3-9(18-2)7-12(10)14(16)19-13(11)8-15/h3-7,17H,8H2,1-2H3. The van der Waals surface area contributed by atoms with Crippen molar-refractivity contribution in [3.8, 4) is 5.75 Å². The number of benzene rings is 1. The second-order valence-corrected chi connectivity index (χ2v) is 5.01. The van der Waals surface area contributed by atoms with E-state index in [1.807, 2.05) is 12.1 Å². The van der Waals surface area contributed by atoms with Crippen LogP contribution in [0.25, 0.3) is 16.8 Å². The van der Waals surface area contributed by atoms with Crippen LogP contribution in [0.1, 0.15) is 18.2 Å². The molecule has 19 heavy (non-hydrogen) atoms. The largest absolute Gasteiger partial charge is 0.497 e. The van der Waals surface area contributed by atoms with Gasteiger partial charge in [-0.2, -0.15) is 0 Å². The summed E-state index contributed by atoms with van der Waals surface area (Å²) in [4.78, 5) is 12.0. The molecule has 0 spiro atoms. The monoisotopic (exact) mass is 258 g/mol. The molecule has 0 saturated heterocycles. The highest BCUT2D eigenvalue weighted by atomic mass is 16.5. The maximum absolute atomic E-state index is 12.0. The second-order valence-electron chi connectivity index (χ2n) is 5.01. The Bertz CT molecular complexity index is 738. The third-order valence-corrected chi connectivity index (χ3v) is 3.38. The van der Waals surface area contributed by atoms with Crippen molar-refractivity contribution in [3.63, 3.8) is 0 Å². The molecule has 1 atom stereocenters. The molecular formula is C15H14O4. The molecule has 0 amide bonds. The van der Waals surface area contributed by atoms with Gasteiger partial charge in [0.25, 0.3) is 0 Å². The number of fused-ring (bicyclic) bond motifs is 3. The molecule has 1 unspecified atom stereocenters. The van der Waals surface area contributed by atoms with Crippen molar-refractivity contribution >= 4 is 16.8 Å². The minimum atomic E-state index is -0.969. The molecule has 1 aromatic carbocycles. The van der Waals surface area contributed by atoms with E-state index in [1.54, 1.807) is 32.3 Å². The van der Waals surface area contributed by atoms with Crippen LogP contribution in [-0.2, 0) is 6.42 Å². The van der Waals surface area contributed by atoms with E-state index in [2.05, 4.69) is 0 Å². The predicted octanol–water partition coefficient (Wildman–Crippen LogP) is 2.12. The lowest BCUT2D eigenvalue weighted by Crippen LogP contribution is -2.27. The molecule has 0 saturated carbocycles. The zero-order valence-electron chi connectivity index (χ0n) is 10.8. The van der Waals surface area contributed by atoms with Crippen molar-refractivity contribution in [2.75, 3.05) is 7.11 Å². The van der Waals surface area contributed by atoms with E-state index in [0.29, 0.717) is 23.3 Å². The van der Waals surface area contributed by atoms with Gasteiger partial charge in [0.15, 0.2) is 0 Å². The lowest BCUT2D eigenvalue weighted by atomic mass is 9.90. The first-order chi connectivity index (χ1) is 9.00. The third kappa shape index (κ3) is 1.94. The highest BCUT2D eigenvalue weighted by Crippen LogP contribution is 2.31. The summed E-state index contributed by atoms with van der Waals surface area (Å²) in [5.74, 6) is 1.14. The first-order valence-corrected chi connectivity index (χ1v) is 6.05. The molecule has 2 aromatic rings. The Morgan fingerprint density at radius 1 is 1.37 bits per heavy atom. The summed E-state index contributed by atoms with van der Waals surface area (Å²) in [5.41, 5.74) is -0.522. The van der Waals surface area contributed by atoms with Crippen LogP contribution >= 0.6 is 0 Å². The summed E-state index contributed by atoms with van der Waals surface area (Å²) in [7, 11) is 1.55. The lowest BCUT2D eigenvalue weighted by molar-refractivity contribution is 0.104. The van der Waals surface area contributed by atoms with Gasteiger partial charge in [0, 0.05) is 12.0 Å². The van der Waals surface area contributed by atoms with Crippen molar-refractivity contribution in [3.05, 3.63) is 46.0 Å². The highest BCUT2D eigenvalue weighted by molar-refractivity contribution is 5.91. The van der Waals surface area contributed by atoms with Gasteiger partial charge in [-0.3, -0.25) is 0 Å². The Balaban J connectivity index is 2.32. The molecule has 0 fully saturated rings. The fraction of sp³-hybridized carbons (Fsp3) is 0.267. The molecule has 0 aliphatic heterocycles. The molecule has 0 bridgehead atoms. The van der Waals surface area contributed by atoms with E-state index < -0.39 is 11.2 Å².